The van der Waals surface area contributed by atoms with Gasteiger partial charge in [0.05, 0.1) is 11.7 Å². The highest BCUT2D eigenvalue weighted by Gasteiger charge is 2.33. The standard InChI is InChI=1S/C16H26N4O2/c1-12(14-10-17-7-8-18-14)19(5)13-6-9-20(11-13)15(21)22-16(2,3)4/h7-8,10,12-13H,6,9,11H2,1-5H3/t12?,13-/m1/s1. The Labute approximate surface area is 132 Å². The Kier molecular flexibility index (Phi) is 5.01. The molecule has 0 saturated carbocycles. The fourth-order valence-corrected chi connectivity index (χ4v) is 2.62. The average Bonchev–Trinajstić information content (AvgIpc) is 2.95. The molecule has 0 aliphatic carbocycles. The molecule has 0 radical (unpaired) electrons. The van der Waals surface area contributed by atoms with Crippen molar-refractivity contribution in [3.05, 3.63) is 24.3 Å². The van der Waals surface area contributed by atoms with Crippen LogP contribution in [0.2, 0.25) is 0 Å². The molecule has 1 aromatic heterocycles. The lowest BCUT2D eigenvalue weighted by molar-refractivity contribution is 0.0278. The van der Waals surface area contributed by atoms with Gasteiger partial charge in [0.2, 0.25) is 0 Å². The highest BCUT2D eigenvalue weighted by molar-refractivity contribution is 5.68. The van der Waals surface area contributed by atoms with Gasteiger partial charge in [-0.2, -0.15) is 0 Å². The van der Waals surface area contributed by atoms with Crippen LogP contribution in [0.15, 0.2) is 18.6 Å². The minimum absolute atomic E-state index is 0.164. The maximum atomic E-state index is 12.1. The Morgan fingerprint density at radius 1 is 1.45 bits per heavy atom. The number of likely N-dealkylation sites (N-methyl/N-ethyl adjacent to an activating group) is 1. The second-order valence-corrected chi connectivity index (χ2v) is 6.84. The van der Waals surface area contributed by atoms with E-state index in [-0.39, 0.29) is 12.1 Å². The second kappa shape index (κ2) is 6.60. The van der Waals surface area contributed by atoms with Crippen molar-refractivity contribution < 1.29 is 9.53 Å². The molecule has 1 aromatic rings. The maximum absolute atomic E-state index is 12.1. The predicted molar refractivity (Wildman–Crippen MR) is 84.4 cm³/mol. The molecule has 0 bridgehead atoms. The molecule has 1 unspecified atom stereocenters. The van der Waals surface area contributed by atoms with Gasteiger partial charge in [0.15, 0.2) is 0 Å². The summed E-state index contributed by atoms with van der Waals surface area (Å²) in [5.74, 6) is 0. The molecule has 122 valence electrons. The summed E-state index contributed by atoms with van der Waals surface area (Å²) in [7, 11) is 2.07. The van der Waals surface area contributed by atoms with Gasteiger partial charge in [0.1, 0.15) is 5.60 Å². The Morgan fingerprint density at radius 2 is 2.18 bits per heavy atom. The number of ether oxygens (including phenoxy) is 1. The van der Waals surface area contributed by atoms with Gasteiger partial charge in [0.25, 0.3) is 0 Å². The molecule has 0 N–H and O–H groups in total. The molecule has 2 heterocycles. The molecule has 1 amide bonds. The van der Waals surface area contributed by atoms with E-state index in [4.69, 9.17) is 4.74 Å². The van der Waals surface area contributed by atoms with Gasteiger partial charge in [-0.15, -0.1) is 0 Å². The smallest absolute Gasteiger partial charge is 0.410 e. The van der Waals surface area contributed by atoms with Gasteiger partial charge in [-0.05, 0) is 41.2 Å². The monoisotopic (exact) mass is 306 g/mol. The number of aromatic nitrogens is 2. The zero-order valence-electron chi connectivity index (χ0n) is 14.1. The van der Waals surface area contributed by atoms with E-state index >= 15 is 0 Å². The van der Waals surface area contributed by atoms with E-state index in [1.54, 1.807) is 23.5 Å². The first-order valence-electron chi connectivity index (χ1n) is 7.73. The van der Waals surface area contributed by atoms with Crippen LogP contribution in [0.5, 0.6) is 0 Å². The number of rotatable bonds is 3. The largest absolute Gasteiger partial charge is 0.444 e. The number of carbonyl (C=O) groups is 1. The molecule has 0 aromatic carbocycles. The Balaban J connectivity index is 1.94. The van der Waals surface area contributed by atoms with Crippen molar-refractivity contribution in [3.8, 4) is 0 Å². The van der Waals surface area contributed by atoms with Crippen LogP contribution >= 0.6 is 0 Å². The number of hydrogen-bond donors (Lipinski definition) is 0. The number of amides is 1. The zero-order valence-corrected chi connectivity index (χ0v) is 14.1. The molecule has 6 nitrogen and oxygen atoms in total. The molecule has 1 saturated heterocycles. The lowest BCUT2D eigenvalue weighted by Gasteiger charge is -2.30. The lowest BCUT2D eigenvalue weighted by Crippen LogP contribution is -2.40. The summed E-state index contributed by atoms with van der Waals surface area (Å²) in [5, 5.41) is 0. The van der Waals surface area contributed by atoms with Crippen LogP contribution in [0.3, 0.4) is 0 Å². The maximum Gasteiger partial charge on any atom is 0.410 e. The number of carbonyl (C=O) groups excluding carboxylic acids is 1. The van der Waals surface area contributed by atoms with Crippen LogP contribution in [-0.4, -0.2) is 57.6 Å². The van der Waals surface area contributed by atoms with Gasteiger partial charge in [-0.3, -0.25) is 14.9 Å². The summed E-state index contributed by atoms with van der Waals surface area (Å²) < 4.78 is 5.44. The quantitative estimate of drug-likeness (QED) is 0.858. The van der Waals surface area contributed by atoms with Crippen LogP contribution in [0, 0.1) is 0 Å². The Hall–Kier alpha value is -1.69. The summed E-state index contributed by atoms with van der Waals surface area (Å²) in [5.41, 5.74) is 0.495. The summed E-state index contributed by atoms with van der Waals surface area (Å²) in [6.45, 7) is 9.20. The molecule has 2 atom stereocenters. The molecular weight excluding hydrogens is 280 g/mol. The van der Waals surface area contributed by atoms with Crippen LogP contribution in [0.1, 0.15) is 45.9 Å². The zero-order chi connectivity index (χ0) is 16.3. The number of hydrogen-bond acceptors (Lipinski definition) is 5. The minimum atomic E-state index is -0.450. The predicted octanol–water partition coefficient (Wildman–Crippen LogP) is 2.48. The Bertz CT molecular complexity index is 501. The first-order valence-corrected chi connectivity index (χ1v) is 7.73. The first kappa shape index (κ1) is 16.7. The summed E-state index contributed by atoms with van der Waals surface area (Å²) in [6, 6.07) is 0.474. The van der Waals surface area contributed by atoms with Crippen molar-refractivity contribution in [3.63, 3.8) is 0 Å². The van der Waals surface area contributed by atoms with Gasteiger partial charge < -0.3 is 9.64 Å². The molecular formula is C16H26N4O2. The molecule has 22 heavy (non-hydrogen) atoms. The normalized spacial score (nSPS) is 20.3. The third-order valence-electron chi connectivity index (χ3n) is 4.01. The van der Waals surface area contributed by atoms with E-state index in [2.05, 4.69) is 28.8 Å². The Morgan fingerprint density at radius 3 is 2.77 bits per heavy atom. The molecule has 1 aliphatic heterocycles. The van der Waals surface area contributed by atoms with E-state index in [0.29, 0.717) is 12.6 Å². The summed E-state index contributed by atoms with van der Waals surface area (Å²) in [4.78, 5) is 24.7. The van der Waals surface area contributed by atoms with Gasteiger partial charge >= 0.3 is 6.09 Å². The van der Waals surface area contributed by atoms with Crippen LogP contribution in [0.4, 0.5) is 4.79 Å². The van der Waals surface area contributed by atoms with Gasteiger partial charge in [-0.1, -0.05) is 0 Å². The topological polar surface area (TPSA) is 58.6 Å². The molecule has 2 rings (SSSR count). The van der Waals surface area contributed by atoms with Crippen molar-refractivity contribution in [2.24, 2.45) is 0 Å². The SMILES string of the molecule is CC(c1cnccn1)N(C)[C@@H]1CCN(C(=O)OC(C)(C)C)C1. The van der Waals surface area contributed by atoms with E-state index < -0.39 is 5.60 Å². The molecule has 1 aliphatic rings. The number of nitrogens with zero attached hydrogens (tertiary/aromatic N) is 4. The highest BCUT2D eigenvalue weighted by atomic mass is 16.6. The van der Waals surface area contributed by atoms with Crippen molar-refractivity contribution in [2.45, 2.75) is 51.8 Å². The fourth-order valence-electron chi connectivity index (χ4n) is 2.62. The minimum Gasteiger partial charge on any atom is -0.444 e. The fraction of sp³-hybridized carbons (Fsp3) is 0.688. The molecule has 1 fully saturated rings. The van der Waals surface area contributed by atoms with E-state index in [0.717, 1.165) is 18.7 Å². The number of likely N-dealkylation sites (tertiary alicyclic amines) is 1. The third-order valence-corrected chi connectivity index (χ3v) is 4.01. The van der Waals surface area contributed by atoms with Crippen molar-refractivity contribution >= 4 is 6.09 Å². The van der Waals surface area contributed by atoms with E-state index in [1.807, 2.05) is 20.8 Å². The average molecular weight is 306 g/mol. The van der Waals surface area contributed by atoms with Crippen molar-refractivity contribution in [1.82, 2.24) is 19.8 Å². The van der Waals surface area contributed by atoms with Crippen molar-refractivity contribution in [1.29, 1.82) is 0 Å². The van der Waals surface area contributed by atoms with Gasteiger partial charge in [0, 0.05) is 37.7 Å². The van der Waals surface area contributed by atoms with Gasteiger partial charge in [-0.25, -0.2) is 4.79 Å². The third kappa shape index (κ3) is 4.16. The summed E-state index contributed by atoms with van der Waals surface area (Å²) >= 11 is 0. The van der Waals surface area contributed by atoms with Crippen molar-refractivity contribution in [2.75, 3.05) is 20.1 Å². The summed E-state index contributed by atoms with van der Waals surface area (Å²) in [6.07, 6.45) is 5.90. The second-order valence-electron chi connectivity index (χ2n) is 6.84. The highest BCUT2D eigenvalue weighted by Crippen LogP contribution is 2.24. The molecule has 0 spiro atoms. The van der Waals surface area contributed by atoms with E-state index in [1.165, 1.54) is 0 Å². The first-order chi connectivity index (χ1) is 10.3. The van der Waals surface area contributed by atoms with E-state index in [9.17, 15) is 4.79 Å². The van der Waals surface area contributed by atoms with Crippen LogP contribution in [0.25, 0.3) is 0 Å². The van der Waals surface area contributed by atoms with Crippen LogP contribution in [-0.2, 0) is 4.74 Å². The lowest BCUT2D eigenvalue weighted by atomic mass is 10.1. The van der Waals surface area contributed by atoms with Crippen LogP contribution < -0.4 is 0 Å². The molecule has 6 heteroatoms.